The summed E-state index contributed by atoms with van der Waals surface area (Å²) in [5.74, 6) is 1.03. The van der Waals surface area contributed by atoms with E-state index in [0.29, 0.717) is 33.9 Å². The lowest BCUT2D eigenvalue weighted by Crippen LogP contribution is -2.09. The molecule has 0 fully saturated rings. The Hall–Kier alpha value is -3.38. The fraction of sp³-hybridized carbons (Fsp3) is 0.130. The Morgan fingerprint density at radius 2 is 1.83 bits per heavy atom. The van der Waals surface area contributed by atoms with Gasteiger partial charge in [-0.05, 0) is 67.3 Å². The molecule has 0 unspecified atom stereocenters. The van der Waals surface area contributed by atoms with Crippen LogP contribution < -0.4 is 14.2 Å². The standard InChI is InChI=1S/C23H18O5S/c1-13-10-11-29-20(13)12-19-21(24)17-8-9-18(14(2)22(17)27-19)28-23(25)15-4-6-16(26-3)7-5-15/h4-12H,1-3H3/b19-12-. The SMILES string of the molecule is COc1ccc(C(=O)Oc2ccc3c(c2C)O/C(=C\c2sccc2C)C3=O)cc1. The predicted octanol–water partition coefficient (Wildman–Crippen LogP) is 5.21. The number of esters is 1. The molecule has 0 atom stereocenters. The van der Waals surface area contributed by atoms with Gasteiger partial charge in [0.15, 0.2) is 5.76 Å². The van der Waals surface area contributed by atoms with Crippen LogP contribution in [-0.2, 0) is 0 Å². The van der Waals surface area contributed by atoms with Crippen molar-refractivity contribution in [3.63, 3.8) is 0 Å². The Morgan fingerprint density at radius 1 is 1.07 bits per heavy atom. The molecular formula is C23H18O5S. The maximum atomic E-state index is 12.7. The molecule has 5 nitrogen and oxygen atoms in total. The second-order valence-electron chi connectivity index (χ2n) is 6.59. The van der Waals surface area contributed by atoms with E-state index in [1.165, 1.54) is 0 Å². The Kier molecular flexibility index (Phi) is 4.94. The van der Waals surface area contributed by atoms with Gasteiger partial charge in [0.05, 0.1) is 18.2 Å². The predicted molar refractivity (Wildman–Crippen MR) is 111 cm³/mol. The van der Waals surface area contributed by atoms with Gasteiger partial charge in [0, 0.05) is 16.5 Å². The van der Waals surface area contributed by atoms with Gasteiger partial charge < -0.3 is 14.2 Å². The van der Waals surface area contributed by atoms with Crippen LogP contribution in [0.3, 0.4) is 0 Å². The smallest absolute Gasteiger partial charge is 0.343 e. The minimum Gasteiger partial charge on any atom is -0.497 e. The molecule has 1 aliphatic heterocycles. The van der Waals surface area contributed by atoms with Crippen LogP contribution in [-0.4, -0.2) is 18.9 Å². The van der Waals surface area contributed by atoms with Crippen molar-refractivity contribution in [2.75, 3.05) is 7.11 Å². The van der Waals surface area contributed by atoms with Gasteiger partial charge in [0.1, 0.15) is 17.2 Å². The zero-order chi connectivity index (χ0) is 20.5. The van der Waals surface area contributed by atoms with E-state index >= 15 is 0 Å². The van der Waals surface area contributed by atoms with Crippen molar-refractivity contribution in [3.8, 4) is 17.2 Å². The molecule has 6 heteroatoms. The van der Waals surface area contributed by atoms with Gasteiger partial charge in [-0.25, -0.2) is 4.79 Å². The zero-order valence-electron chi connectivity index (χ0n) is 16.1. The molecule has 0 radical (unpaired) electrons. The lowest BCUT2D eigenvalue weighted by atomic mass is 10.1. The van der Waals surface area contributed by atoms with E-state index in [4.69, 9.17) is 14.2 Å². The van der Waals surface area contributed by atoms with Gasteiger partial charge in [-0.3, -0.25) is 4.79 Å². The van der Waals surface area contributed by atoms with Crippen LogP contribution in [0.15, 0.2) is 53.6 Å². The number of ether oxygens (including phenoxy) is 3. The number of rotatable bonds is 4. The number of allylic oxidation sites excluding steroid dienone is 1. The molecule has 4 rings (SSSR count). The van der Waals surface area contributed by atoms with Gasteiger partial charge in [0.2, 0.25) is 5.78 Å². The number of thiophene rings is 1. The van der Waals surface area contributed by atoms with E-state index in [9.17, 15) is 9.59 Å². The minimum atomic E-state index is -0.495. The molecule has 0 amide bonds. The summed E-state index contributed by atoms with van der Waals surface area (Å²) in [6.07, 6.45) is 1.75. The zero-order valence-corrected chi connectivity index (χ0v) is 17.0. The number of hydrogen-bond donors (Lipinski definition) is 0. The van der Waals surface area contributed by atoms with Crippen molar-refractivity contribution < 1.29 is 23.8 Å². The van der Waals surface area contributed by atoms with Crippen LogP contribution >= 0.6 is 11.3 Å². The van der Waals surface area contributed by atoms with Gasteiger partial charge in [-0.15, -0.1) is 11.3 Å². The topological polar surface area (TPSA) is 61.8 Å². The van der Waals surface area contributed by atoms with E-state index in [2.05, 4.69) is 0 Å². The van der Waals surface area contributed by atoms with Crippen LogP contribution in [0.5, 0.6) is 17.2 Å². The molecule has 2 aromatic carbocycles. The summed E-state index contributed by atoms with van der Waals surface area (Å²) >= 11 is 1.55. The van der Waals surface area contributed by atoms with Gasteiger partial charge in [-0.2, -0.15) is 0 Å². The molecule has 1 aromatic heterocycles. The van der Waals surface area contributed by atoms with Crippen molar-refractivity contribution in [3.05, 3.63) is 80.7 Å². The summed E-state index contributed by atoms with van der Waals surface area (Å²) in [6, 6.07) is 11.9. The summed E-state index contributed by atoms with van der Waals surface area (Å²) in [7, 11) is 1.56. The molecule has 1 aliphatic rings. The van der Waals surface area contributed by atoms with Crippen LogP contribution in [0.1, 0.15) is 36.7 Å². The van der Waals surface area contributed by atoms with Crippen molar-refractivity contribution in [1.29, 1.82) is 0 Å². The third kappa shape index (κ3) is 3.54. The number of methoxy groups -OCH3 is 1. The Balaban J connectivity index is 1.59. The van der Waals surface area contributed by atoms with E-state index in [1.807, 2.05) is 18.4 Å². The first-order valence-electron chi connectivity index (χ1n) is 8.96. The number of aryl methyl sites for hydroxylation is 1. The Morgan fingerprint density at radius 3 is 2.48 bits per heavy atom. The molecule has 29 heavy (non-hydrogen) atoms. The van der Waals surface area contributed by atoms with Gasteiger partial charge in [0.25, 0.3) is 0 Å². The molecule has 0 spiro atoms. The third-order valence-corrected chi connectivity index (χ3v) is 5.69. The molecule has 0 N–H and O–H groups in total. The number of Topliss-reactive ketones (excluding diaryl/α,β-unsaturated/α-hetero) is 1. The first kappa shape index (κ1) is 19.0. The van der Waals surface area contributed by atoms with Gasteiger partial charge >= 0.3 is 5.97 Å². The van der Waals surface area contributed by atoms with E-state index < -0.39 is 5.97 Å². The number of benzene rings is 2. The Labute approximate surface area is 172 Å². The largest absolute Gasteiger partial charge is 0.497 e. The maximum absolute atomic E-state index is 12.7. The normalized spacial score (nSPS) is 13.9. The highest BCUT2D eigenvalue weighted by Gasteiger charge is 2.30. The first-order valence-corrected chi connectivity index (χ1v) is 9.84. The lowest BCUT2D eigenvalue weighted by molar-refractivity contribution is 0.0733. The van der Waals surface area contributed by atoms with Crippen LogP contribution in [0.2, 0.25) is 0 Å². The number of hydrogen-bond acceptors (Lipinski definition) is 6. The number of ketones is 1. The molecule has 0 bridgehead atoms. The van der Waals surface area contributed by atoms with E-state index in [-0.39, 0.29) is 11.5 Å². The van der Waals surface area contributed by atoms with Crippen molar-refractivity contribution in [2.24, 2.45) is 0 Å². The van der Waals surface area contributed by atoms with E-state index in [0.717, 1.165) is 10.4 Å². The fourth-order valence-electron chi connectivity index (χ4n) is 3.02. The van der Waals surface area contributed by atoms with E-state index in [1.54, 1.807) is 67.8 Å². The maximum Gasteiger partial charge on any atom is 0.343 e. The summed E-state index contributed by atoms with van der Waals surface area (Å²) in [5.41, 5.74) is 2.55. The number of carbonyl (C=O) groups excluding carboxylic acids is 2. The van der Waals surface area contributed by atoms with Crippen LogP contribution in [0.25, 0.3) is 6.08 Å². The summed E-state index contributed by atoms with van der Waals surface area (Å²) in [6.45, 7) is 3.75. The molecule has 0 saturated heterocycles. The molecule has 2 heterocycles. The average Bonchev–Trinajstić information content (AvgIpc) is 3.28. The fourth-order valence-corrected chi connectivity index (χ4v) is 3.86. The van der Waals surface area contributed by atoms with Crippen LogP contribution in [0, 0.1) is 13.8 Å². The second-order valence-corrected chi connectivity index (χ2v) is 7.54. The molecular weight excluding hydrogens is 388 g/mol. The molecule has 3 aromatic rings. The third-order valence-electron chi connectivity index (χ3n) is 4.73. The number of fused-ring (bicyclic) bond motifs is 1. The number of carbonyl (C=O) groups is 2. The highest BCUT2D eigenvalue weighted by atomic mass is 32.1. The van der Waals surface area contributed by atoms with Crippen molar-refractivity contribution >= 4 is 29.2 Å². The first-order chi connectivity index (χ1) is 14.0. The summed E-state index contributed by atoms with van der Waals surface area (Å²) in [5, 5.41) is 1.97. The second kappa shape index (κ2) is 7.56. The molecule has 146 valence electrons. The Bertz CT molecular complexity index is 1140. The monoisotopic (exact) mass is 406 g/mol. The lowest BCUT2D eigenvalue weighted by Gasteiger charge is -2.10. The van der Waals surface area contributed by atoms with Crippen molar-refractivity contribution in [2.45, 2.75) is 13.8 Å². The van der Waals surface area contributed by atoms with Gasteiger partial charge in [-0.1, -0.05) is 0 Å². The summed E-state index contributed by atoms with van der Waals surface area (Å²) < 4.78 is 16.5. The van der Waals surface area contributed by atoms with Crippen LogP contribution in [0.4, 0.5) is 0 Å². The minimum absolute atomic E-state index is 0.177. The molecule has 0 aliphatic carbocycles. The highest BCUT2D eigenvalue weighted by Crippen LogP contribution is 2.40. The van der Waals surface area contributed by atoms with Crippen molar-refractivity contribution in [1.82, 2.24) is 0 Å². The summed E-state index contributed by atoms with van der Waals surface area (Å²) in [4.78, 5) is 26.1. The average molecular weight is 406 g/mol. The quantitative estimate of drug-likeness (QED) is 0.338. The highest BCUT2D eigenvalue weighted by molar-refractivity contribution is 7.11. The molecule has 0 saturated carbocycles.